The lowest BCUT2D eigenvalue weighted by molar-refractivity contribution is -0.139. The van der Waals surface area contributed by atoms with Gasteiger partial charge in [0.2, 0.25) is 11.8 Å². The fraction of sp³-hybridized carbons (Fsp3) is 0.419. The second kappa shape index (κ2) is 13.4. The zero-order chi connectivity index (χ0) is 28.5. The molecule has 1 aliphatic heterocycles. The van der Waals surface area contributed by atoms with Crippen LogP contribution in [0.2, 0.25) is 0 Å². The van der Waals surface area contributed by atoms with Gasteiger partial charge in [-0.2, -0.15) is 0 Å². The first-order chi connectivity index (χ1) is 19.4. The largest absolute Gasteiger partial charge is 0.497 e. The molecule has 0 bridgehead atoms. The molecule has 0 aliphatic carbocycles. The van der Waals surface area contributed by atoms with Gasteiger partial charge in [0, 0.05) is 44.2 Å². The Bertz CT molecular complexity index is 1250. The molecule has 1 aliphatic rings. The van der Waals surface area contributed by atoms with Crippen LogP contribution in [0.3, 0.4) is 0 Å². The molecule has 1 aromatic heterocycles. The van der Waals surface area contributed by atoms with Crippen molar-refractivity contribution < 1.29 is 19.1 Å². The Kier molecular flexibility index (Phi) is 9.71. The van der Waals surface area contributed by atoms with Crippen LogP contribution in [0.1, 0.15) is 49.4 Å². The van der Waals surface area contributed by atoms with Gasteiger partial charge in [-0.05, 0) is 42.5 Å². The lowest BCUT2D eigenvalue weighted by Crippen LogP contribution is -2.57. The van der Waals surface area contributed by atoms with E-state index >= 15 is 0 Å². The smallest absolute Gasteiger partial charge is 0.245 e. The number of Topliss-reactive ketones (excluding diaryl/α,β-unsaturated/α-hetero) is 1. The number of likely N-dealkylation sites (tertiary alicyclic amines) is 1. The second-order valence-corrected chi connectivity index (χ2v) is 10.4. The molecule has 0 unspecified atom stereocenters. The summed E-state index contributed by atoms with van der Waals surface area (Å²) < 4.78 is 5.26. The number of hydrogen-bond acceptors (Lipinski definition) is 6. The molecule has 2 heterocycles. The molecule has 1 saturated heterocycles. The minimum atomic E-state index is -0.842. The molecule has 212 valence electrons. The minimum absolute atomic E-state index is 0.178. The number of aromatic nitrogens is 2. The number of piperidine rings is 1. The number of methoxy groups -OCH3 is 1. The van der Waals surface area contributed by atoms with E-state index in [9.17, 15) is 14.4 Å². The molecule has 4 rings (SSSR count). The van der Waals surface area contributed by atoms with Crippen molar-refractivity contribution in [3.63, 3.8) is 0 Å². The molecule has 4 N–H and O–H groups in total. The molecular weight excluding hydrogens is 506 g/mol. The van der Waals surface area contributed by atoms with Gasteiger partial charge in [0.25, 0.3) is 0 Å². The lowest BCUT2D eigenvalue weighted by Gasteiger charge is -2.42. The summed E-state index contributed by atoms with van der Waals surface area (Å²) in [5.74, 6) is 0.348. The van der Waals surface area contributed by atoms with Crippen LogP contribution >= 0.6 is 0 Å². The third-order valence-corrected chi connectivity index (χ3v) is 7.81. The maximum atomic E-state index is 13.9. The Labute approximate surface area is 235 Å². The number of ketones is 1. The molecule has 9 heteroatoms. The highest BCUT2D eigenvalue weighted by atomic mass is 16.5. The number of hydrogen-bond donors (Lipinski definition) is 3. The van der Waals surface area contributed by atoms with Crippen molar-refractivity contribution in [2.24, 2.45) is 5.73 Å². The fourth-order valence-corrected chi connectivity index (χ4v) is 5.48. The molecule has 2 amide bonds. The van der Waals surface area contributed by atoms with Crippen molar-refractivity contribution in [3.8, 4) is 5.75 Å². The maximum absolute atomic E-state index is 13.9. The zero-order valence-corrected chi connectivity index (χ0v) is 23.3. The monoisotopic (exact) mass is 545 g/mol. The average Bonchev–Trinajstić information content (AvgIpc) is 3.50. The Morgan fingerprint density at radius 1 is 1.07 bits per heavy atom. The third kappa shape index (κ3) is 6.77. The summed E-state index contributed by atoms with van der Waals surface area (Å²) in [6.45, 7) is 2.87. The summed E-state index contributed by atoms with van der Waals surface area (Å²) in [6, 6.07) is 15.7. The minimum Gasteiger partial charge on any atom is -0.497 e. The van der Waals surface area contributed by atoms with Crippen molar-refractivity contribution in [2.75, 3.05) is 20.2 Å². The topological polar surface area (TPSA) is 130 Å². The van der Waals surface area contributed by atoms with Crippen LogP contribution < -0.4 is 15.8 Å². The number of nitrogens with two attached hydrogens (primary N) is 1. The van der Waals surface area contributed by atoms with Gasteiger partial charge in [0.1, 0.15) is 17.6 Å². The van der Waals surface area contributed by atoms with Crippen LogP contribution in [0.4, 0.5) is 0 Å². The first-order valence-corrected chi connectivity index (χ1v) is 13.9. The van der Waals surface area contributed by atoms with E-state index in [0.29, 0.717) is 44.5 Å². The summed E-state index contributed by atoms with van der Waals surface area (Å²) >= 11 is 0. The van der Waals surface area contributed by atoms with E-state index in [1.54, 1.807) is 18.2 Å². The van der Waals surface area contributed by atoms with Gasteiger partial charge in [-0.25, -0.2) is 4.98 Å². The van der Waals surface area contributed by atoms with Crippen molar-refractivity contribution in [2.45, 2.75) is 62.9 Å². The molecule has 3 aromatic rings. The molecule has 2 aromatic carbocycles. The second-order valence-electron chi connectivity index (χ2n) is 10.4. The normalized spacial score (nSPS) is 16.1. The Hall–Kier alpha value is -3.98. The van der Waals surface area contributed by atoms with E-state index < -0.39 is 23.4 Å². The predicted octanol–water partition coefficient (Wildman–Crippen LogP) is 2.95. The summed E-state index contributed by atoms with van der Waals surface area (Å²) in [6.07, 6.45) is 6.12. The number of aromatic amines is 1. The van der Waals surface area contributed by atoms with E-state index in [1.807, 2.05) is 61.5 Å². The van der Waals surface area contributed by atoms with Gasteiger partial charge in [-0.1, -0.05) is 49.4 Å². The number of H-pyrrole nitrogens is 1. The van der Waals surface area contributed by atoms with Crippen LogP contribution in [0, 0.1) is 0 Å². The predicted molar refractivity (Wildman–Crippen MR) is 153 cm³/mol. The third-order valence-electron chi connectivity index (χ3n) is 7.81. The average molecular weight is 546 g/mol. The van der Waals surface area contributed by atoms with Gasteiger partial charge in [-0.3, -0.25) is 14.4 Å². The number of carbonyl (C=O) groups is 3. The van der Waals surface area contributed by atoms with Crippen molar-refractivity contribution in [1.29, 1.82) is 0 Å². The van der Waals surface area contributed by atoms with Crippen molar-refractivity contribution in [3.05, 3.63) is 83.9 Å². The molecule has 1 fully saturated rings. The molecule has 2 atom stereocenters. The van der Waals surface area contributed by atoms with Gasteiger partial charge >= 0.3 is 0 Å². The molecule has 0 radical (unpaired) electrons. The van der Waals surface area contributed by atoms with Crippen LogP contribution in [0.5, 0.6) is 5.75 Å². The first kappa shape index (κ1) is 29.0. The molecule has 40 heavy (non-hydrogen) atoms. The highest BCUT2D eigenvalue weighted by Gasteiger charge is 2.43. The summed E-state index contributed by atoms with van der Waals surface area (Å²) in [5, 5.41) is 2.91. The highest BCUT2D eigenvalue weighted by Crippen LogP contribution is 2.38. The maximum Gasteiger partial charge on any atom is 0.245 e. The number of amides is 2. The standard InChI is InChI=1S/C31H39N5O4/c1-3-7-28(37)31(23-8-5-4-6-9-23)14-16-36(17-15-31)30(39)27(18-22-10-12-25(40-2)13-11-22)35-29(38)26(32)19-24-20-33-21-34-24/h4-6,8-13,20-21,26-27H,3,7,14-19,32H2,1-2H3,(H,33,34)(H,35,38)/t26-,27-/m1/s1. The summed E-state index contributed by atoms with van der Waals surface area (Å²) in [5.41, 5.74) is 8.22. The van der Waals surface area contributed by atoms with E-state index in [-0.39, 0.29) is 18.1 Å². The summed E-state index contributed by atoms with van der Waals surface area (Å²) in [7, 11) is 1.60. The highest BCUT2D eigenvalue weighted by molar-refractivity contribution is 5.92. The van der Waals surface area contributed by atoms with E-state index in [2.05, 4.69) is 15.3 Å². The van der Waals surface area contributed by atoms with Crippen molar-refractivity contribution >= 4 is 17.6 Å². The Morgan fingerprint density at radius 2 is 1.77 bits per heavy atom. The zero-order valence-electron chi connectivity index (χ0n) is 23.3. The number of nitrogens with zero attached hydrogens (tertiary/aromatic N) is 2. The van der Waals surface area contributed by atoms with Crippen LogP contribution in [0.25, 0.3) is 0 Å². The number of rotatable bonds is 12. The van der Waals surface area contributed by atoms with Gasteiger partial charge in [0.15, 0.2) is 0 Å². The fourth-order valence-electron chi connectivity index (χ4n) is 5.48. The first-order valence-electron chi connectivity index (χ1n) is 13.9. The summed E-state index contributed by atoms with van der Waals surface area (Å²) in [4.78, 5) is 49.1. The number of benzene rings is 2. The number of nitrogens with one attached hydrogen (secondary N) is 2. The van der Waals surface area contributed by atoms with Crippen molar-refractivity contribution in [1.82, 2.24) is 20.2 Å². The van der Waals surface area contributed by atoms with Crippen LogP contribution in [-0.2, 0) is 32.6 Å². The van der Waals surface area contributed by atoms with Gasteiger partial charge in [-0.15, -0.1) is 0 Å². The van der Waals surface area contributed by atoms with Gasteiger partial charge in [0.05, 0.1) is 24.9 Å². The number of carbonyl (C=O) groups excluding carboxylic acids is 3. The van der Waals surface area contributed by atoms with Gasteiger partial charge < -0.3 is 25.7 Å². The lowest BCUT2D eigenvalue weighted by atomic mass is 9.68. The van der Waals surface area contributed by atoms with Crippen LogP contribution in [0.15, 0.2) is 67.1 Å². The van der Waals surface area contributed by atoms with E-state index in [4.69, 9.17) is 10.5 Å². The number of ether oxygens (including phenoxy) is 1. The Balaban J connectivity index is 1.51. The Morgan fingerprint density at radius 3 is 2.38 bits per heavy atom. The number of imidazole rings is 1. The molecular formula is C31H39N5O4. The molecule has 9 nitrogen and oxygen atoms in total. The molecule has 0 saturated carbocycles. The van der Waals surface area contributed by atoms with E-state index in [1.165, 1.54) is 6.33 Å². The quantitative estimate of drug-likeness (QED) is 0.321. The SMILES string of the molecule is CCCC(=O)C1(c2ccccc2)CCN(C(=O)[C@@H](Cc2ccc(OC)cc2)NC(=O)[C@H](N)Cc2cnc[nH]2)CC1. The van der Waals surface area contributed by atoms with Crippen LogP contribution in [-0.4, -0.2) is 64.7 Å². The molecule has 0 spiro atoms. The van der Waals surface area contributed by atoms with E-state index in [0.717, 1.165) is 23.2 Å².